The highest BCUT2D eigenvalue weighted by atomic mass is 16.7. The number of nitrogens with one attached hydrogen (secondary N) is 2. The predicted octanol–water partition coefficient (Wildman–Crippen LogP) is -2.05. The summed E-state index contributed by atoms with van der Waals surface area (Å²) in [7, 11) is 0. The van der Waals surface area contributed by atoms with E-state index >= 15 is 0 Å². The number of esters is 1. The summed E-state index contributed by atoms with van der Waals surface area (Å²) in [5, 5.41) is 169. The standard InChI is InChI=1S/C57H92N2O22/c1-6-36(60)29-58-54(74)47-43(66)28-56(75)27-39(63)24-42(65)41(64)22-21-37(61)23-38(62)25-46(68)78-34(4)33(3)49(69)32(2)19-17-15-13-11-9-7-8-10-12-14-16-18-20-40(26-45(47)81-56)80-55-52(72)48(50(70)35(5)79-55)59-31-57(76)53(73)51(71)44(67)30-77-57/h7-20,32-45,47-53,55,59-67,69-73,75-76H,6,21-31H2,1-5H3,(H,58,74)/b8-7+,11-9+,12-10+,15-13+,16-14+,19-17+,20-18+/t32-,33?,34-,35+,36?,37+,38+,39-,40-,41+,42+,43-,44+,45?,47?,48-,49+,50+,51+,52-,53-,55?,56+,57+/m0/s1. The molecular formula is C57H92N2O22. The van der Waals surface area contributed by atoms with E-state index in [0.29, 0.717) is 0 Å². The Morgan fingerprint density at radius 2 is 1.28 bits per heavy atom. The van der Waals surface area contributed by atoms with Gasteiger partial charge in [0.2, 0.25) is 11.7 Å². The predicted molar refractivity (Wildman–Crippen MR) is 291 cm³/mol. The molecule has 0 aromatic heterocycles. The molecule has 24 nitrogen and oxygen atoms in total. The molecule has 81 heavy (non-hydrogen) atoms. The fourth-order valence-electron chi connectivity index (χ4n) is 9.99. The Morgan fingerprint density at radius 3 is 1.90 bits per heavy atom. The minimum absolute atomic E-state index is 0.142. The molecule has 1 amide bonds. The van der Waals surface area contributed by atoms with Gasteiger partial charge in [0.25, 0.3) is 0 Å². The van der Waals surface area contributed by atoms with Gasteiger partial charge in [0.05, 0.1) is 105 Å². The lowest BCUT2D eigenvalue weighted by Gasteiger charge is -2.47. The van der Waals surface area contributed by atoms with Crippen molar-refractivity contribution in [2.45, 2.75) is 220 Å². The molecule has 0 radical (unpaired) electrons. The van der Waals surface area contributed by atoms with E-state index in [-0.39, 0.29) is 44.6 Å². The number of aliphatic hydroxyl groups is 15. The van der Waals surface area contributed by atoms with Crippen LogP contribution in [0, 0.1) is 17.8 Å². The first-order chi connectivity index (χ1) is 38.2. The Bertz CT molecular complexity index is 2110. The maximum Gasteiger partial charge on any atom is 0.308 e. The van der Waals surface area contributed by atoms with Crippen molar-refractivity contribution < 1.29 is 110 Å². The average Bonchev–Trinajstić information content (AvgIpc) is 3.46. The number of rotatable bonds is 9. The number of amides is 1. The smallest absolute Gasteiger partial charge is 0.308 e. The van der Waals surface area contributed by atoms with E-state index in [1.165, 1.54) is 13.0 Å². The van der Waals surface area contributed by atoms with E-state index < -0.39 is 190 Å². The number of carbonyl (C=O) groups is 2. The van der Waals surface area contributed by atoms with Crippen LogP contribution in [0.1, 0.15) is 92.4 Å². The molecule has 4 aliphatic rings. The van der Waals surface area contributed by atoms with E-state index in [9.17, 15) is 86.2 Å². The Kier molecular flexibility index (Phi) is 29.1. The van der Waals surface area contributed by atoms with Crippen molar-refractivity contribution in [2.24, 2.45) is 17.8 Å². The first-order valence-corrected chi connectivity index (χ1v) is 28.0. The minimum Gasteiger partial charge on any atom is -0.462 e. The highest BCUT2D eigenvalue weighted by molar-refractivity contribution is 5.80. The van der Waals surface area contributed by atoms with Crippen molar-refractivity contribution in [1.82, 2.24) is 10.6 Å². The molecule has 0 aromatic carbocycles. The molecule has 2 bridgehead atoms. The zero-order valence-electron chi connectivity index (χ0n) is 46.8. The molecular weight excluding hydrogens is 1060 g/mol. The van der Waals surface area contributed by atoms with Gasteiger partial charge in [-0.25, -0.2) is 0 Å². The third kappa shape index (κ3) is 22.0. The van der Waals surface area contributed by atoms with Crippen LogP contribution in [0.4, 0.5) is 0 Å². The second kappa shape index (κ2) is 33.7. The van der Waals surface area contributed by atoms with Crippen LogP contribution in [0.25, 0.3) is 0 Å². The number of hydrogen-bond donors (Lipinski definition) is 17. The second-order valence-electron chi connectivity index (χ2n) is 22.0. The molecule has 5 unspecified atom stereocenters. The molecule has 0 aromatic rings. The van der Waals surface area contributed by atoms with Gasteiger partial charge in [-0.15, -0.1) is 0 Å². The van der Waals surface area contributed by atoms with Crippen molar-refractivity contribution in [3.8, 4) is 0 Å². The Labute approximate surface area is 473 Å². The number of hydrogen-bond acceptors (Lipinski definition) is 23. The van der Waals surface area contributed by atoms with Crippen molar-refractivity contribution in [3.05, 3.63) is 85.1 Å². The number of allylic oxidation sites excluding steroid dienone is 12. The Balaban J connectivity index is 1.65. The molecule has 4 aliphatic heterocycles. The Morgan fingerprint density at radius 1 is 0.679 bits per heavy atom. The summed E-state index contributed by atoms with van der Waals surface area (Å²) in [4.78, 5) is 26.7. The van der Waals surface area contributed by atoms with Crippen LogP contribution in [0.15, 0.2) is 85.1 Å². The van der Waals surface area contributed by atoms with Crippen molar-refractivity contribution in [2.75, 3.05) is 19.7 Å². The molecule has 0 saturated carbocycles. The molecule has 17 N–H and O–H groups in total. The van der Waals surface area contributed by atoms with Crippen LogP contribution in [0.3, 0.4) is 0 Å². The molecule has 4 rings (SSSR count). The van der Waals surface area contributed by atoms with E-state index in [1.807, 2.05) is 6.92 Å². The molecule has 3 saturated heterocycles. The van der Waals surface area contributed by atoms with Gasteiger partial charge in [0, 0.05) is 44.1 Å². The molecule has 3 fully saturated rings. The quantitative estimate of drug-likeness (QED) is 0.110. The summed E-state index contributed by atoms with van der Waals surface area (Å²) in [6.45, 7) is 6.90. The number of fused-ring (bicyclic) bond motifs is 2. The zero-order valence-corrected chi connectivity index (χ0v) is 46.8. The van der Waals surface area contributed by atoms with Gasteiger partial charge in [-0.3, -0.25) is 9.59 Å². The first-order valence-electron chi connectivity index (χ1n) is 28.0. The second-order valence-corrected chi connectivity index (χ2v) is 22.0. The van der Waals surface area contributed by atoms with E-state index in [1.54, 1.807) is 99.8 Å². The van der Waals surface area contributed by atoms with Gasteiger partial charge in [-0.1, -0.05) is 106 Å². The minimum atomic E-state index is -2.48. The number of carbonyl (C=O) groups excluding carboxylic acids is 2. The fourth-order valence-corrected chi connectivity index (χ4v) is 9.99. The van der Waals surface area contributed by atoms with Gasteiger partial charge in [0.1, 0.15) is 30.5 Å². The molecule has 24 atom stereocenters. The maximum atomic E-state index is 13.9. The van der Waals surface area contributed by atoms with Crippen molar-refractivity contribution in [3.63, 3.8) is 0 Å². The lowest BCUT2D eigenvalue weighted by Crippen LogP contribution is -2.69. The summed E-state index contributed by atoms with van der Waals surface area (Å²) in [5.74, 6) is -8.66. The van der Waals surface area contributed by atoms with Gasteiger partial charge in [-0.05, 0) is 39.5 Å². The highest BCUT2D eigenvalue weighted by Gasteiger charge is 2.53. The van der Waals surface area contributed by atoms with Crippen LogP contribution in [-0.2, 0) is 33.3 Å². The van der Waals surface area contributed by atoms with Gasteiger partial charge < -0.3 is 111 Å². The van der Waals surface area contributed by atoms with Crippen LogP contribution < -0.4 is 10.6 Å². The monoisotopic (exact) mass is 1160 g/mol. The molecule has 462 valence electrons. The first kappa shape index (κ1) is 69.8. The fraction of sp³-hybridized carbons (Fsp3) is 0.719. The topological polar surface area (TPSA) is 408 Å². The lowest BCUT2D eigenvalue weighted by atomic mass is 9.82. The number of aliphatic hydroxyl groups excluding tert-OH is 13. The number of cyclic esters (lactones) is 1. The SMILES string of the molecule is CCC(O)CNC(=O)C1C2C[C@@H](OC3O[C@H](C)[C@@H](O)[C@H](NC[C@@]4(O)OC[C@@H](O)[C@@H](O)[C@@H]4O)[C@@H]3O)/C=C/C=C/C=C/C=C/C=C/C=C/C=C/[C@H](C)[C@@H](O)C(C)[C@H](C)OC(=O)C[C@H](O)C[C@H](O)CC[C@@H](O)[C@H](O)C[C@H](O)C[C@](O)(C[C@@H]1O)O2. The zero-order chi connectivity index (χ0) is 60.2. The molecule has 24 heteroatoms. The third-order valence-electron chi connectivity index (χ3n) is 15.2. The summed E-state index contributed by atoms with van der Waals surface area (Å²) in [5.41, 5.74) is 0. The Hall–Kier alpha value is -3.68. The van der Waals surface area contributed by atoms with Crippen molar-refractivity contribution in [1.29, 1.82) is 0 Å². The summed E-state index contributed by atoms with van der Waals surface area (Å²) in [6.07, 6.45) is -4.50. The number of ether oxygens (including phenoxy) is 5. The van der Waals surface area contributed by atoms with Gasteiger partial charge in [-0.2, -0.15) is 0 Å². The normalized spacial score (nSPS) is 45.0. The van der Waals surface area contributed by atoms with E-state index in [0.717, 1.165) is 0 Å². The van der Waals surface area contributed by atoms with E-state index in [4.69, 9.17) is 23.7 Å². The van der Waals surface area contributed by atoms with Crippen LogP contribution >= 0.6 is 0 Å². The largest absolute Gasteiger partial charge is 0.462 e. The third-order valence-corrected chi connectivity index (χ3v) is 15.2. The van der Waals surface area contributed by atoms with Crippen LogP contribution in [-0.4, -0.2) is 236 Å². The highest BCUT2D eigenvalue weighted by Crippen LogP contribution is 2.38. The van der Waals surface area contributed by atoms with Gasteiger partial charge in [0.15, 0.2) is 12.1 Å². The van der Waals surface area contributed by atoms with Gasteiger partial charge >= 0.3 is 5.97 Å². The summed E-state index contributed by atoms with van der Waals surface area (Å²) >= 11 is 0. The summed E-state index contributed by atoms with van der Waals surface area (Å²) in [6, 6.07) is -1.36. The lowest BCUT2D eigenvalue weighted by molar-refractivity contribution is -0.323. The van der Waals surface area contributed by atoms with Crippen LogP contribution in [0.2, 0.25) is 0 Å². The molecule has 0 spiro atoms. The maximum absolute atomic E-state index is 13.9. The van der Waals surface area contributed by atoms with E-state index in [2.05, 4.69) is 10.6 Å². The van der Waals surface area contributed by atoms with Crippen molar-refractivity contribution >= 4 is 11.9 Å². The molecule has 0 aliphatic carbocycles. The van der Waals surface area contributed by atoms with Crippen LogP contribution in [0.5, 0.6) is 0 Å². The average molecular weight is 1160 g/mol. The summed E-state index contributed by atoms with van der Waals surface area (Å²) < 4.78 is 29.2. The molecule has 4 heterocycles.